The van der Waals surface area contributed by atoms with Crippen LogP contribution in [0, 0.1) is 29.0 Å². The summed E-state index contributed by atoms with van der Waals surface area (Å²) in [6.45, 7) is 12.2. The van der Waals surface area contributed by atoms with Crippen molar-refractivity contribution in [2.75, 3.05) is 25.0 Å². The fourth-order valence-electron chi connectivity index (χ4n) is 7.57. The van der Waals surface area contributed by atoms with E-state index in [1.54, 1.807) is 25.2 Å². The van der Waals surface area contributed by atoms with Crippen LogP contribution in [0.4, 0.5) is 10.1 Å². The molecule has 2 heterocycles. The molecule has 224 valence electrons. The molecule has 2 N–H and O–H groups in total. The molecule has 4 aliphatic rings. The second-order valence-electron chi connectivity index (χ2n) is 13.3. The Hall–Kier alpha value is -3.46. The molecule has 1 saturated heterocycles. The molecule has 2 aromatic carbocycles. The Morgan fingerprint density at radius 2 is 1.88 bits per heavy atom. The lowest BCUT2D eigenvalue weighted by Crippen LogP contribution is -2.57. The lowest BCUT2D eigenvalue weighted by molar-refractivity contribution is -0.108. The Bertz CT molecular complexity index is 1620. The third-order valence-corrected chi connectivity index (χ3v) is 10.4. The van der Waals surface area contributed by atoms with Gasteiger partial charge in [0.25, 0.3) is 5.56 Å². The second-order valence-corrected chi connectivity index (χ2v) is 13.3. The number of aromatic nitrogens is 2. The van der Waals surface area contributed by atoms with E-state index < -0.39 is 0 Å². The van der Waals surface area contributed by atoms with Gasteiger partial charge in [0, 0.05) is 45.0 Å². The number of benzene rings is 2. The summed E-state index contributed by atoms with van der Waals surface area (Å²) in [4.78, 5) is 34.4. The molecule has 7 rings (SSSR count). The molecule has 3 aliphatic carbocycles. The van der Waals surface area contributed by atoms with E-state index in [1.807, 2.05) is 12.1 Å². The van der Waals surface area contributed by atoms with E-state index in [9.17, 15) is 14.0 Å². The molecule has 4 fully saturated rings. The highest BCUT2D eigenvalue weighted by Gasteiger charge is 2.56. The third-order valence-electron chi connectivity index (χ3n) is 10.4. The molecular weight excluding hydrogens is 531 g/mol. The number of hydrogen-bond donors (Lipinski definition) is 2. The fourth-order valence-corrected chi connectivity index (χ4v) is 7.57. The van der Waals surface area contributed by atoms with Gasteiger partial charge in [-0.25, -0.2) is 14.2 Å². The minimum atomic E-state index is -0.366. The first-order chi connectivity index (χ1) is 20.0. The highest BCUT2D eigenvalue weighted by Crippen LogP contribution is 2.61. The molecule has 2 bridgehead atoms. The number of guanidine groups is 1. The number of aliphatic imine (C=N–C) groups is 1. The molecule has 5 atom stereocenters. The van der Waals surface area contributed by atoms with Crippen molar-refractivity contribution in [2.24, 2.45) is 35.2 Å². The maximum Gasteiger partial charge on any atom is 0.331 e. The number of hydrogen-bond acceptors (Lipinski definition) is 4. The van der Waals surface area contributed by atoms with E-state index in [0.717, 1.165) is 49.2 Å². The van der Waals surface area contributed by atoms with Gasteiger partial charge in [-0.1, -0.05) is 32.9 Å². The van der Waals surface area contributed by atoms with Crippen LogP contribution in [-0.2, 0) is 20.0 Å². The monoisotopic (exact) mass is 574 g/mol. The van der Waals surface area contributed by atoms with Crippen molar-refractivity contribution in [3.8, 4) is 0 Å². The number of rotatable bonds is 5. The summed E-state index contributed by atoms with van der Waals surface area (Å²) in [5.41, 5.74) is 1.97. The first-order valence-electron chi connectivity index (χ1n) is 15.3. The van der Waals surface area contributed by atoms with Crippen molar-refractivity contribution in [1.29, 1.82) is 0 Å². The highest BCUT2D eigenvalue weighted by molar-refractivity contribution is 5.96. The molecule has 3 aromatic rings. The Morgan fingerprint density at radius 3 is 2.57 bits per heavy atom. The normalized spacial score (nSPS) is 27.1. The van der Waals surface area contributed by atoms with Gasteiger partial charge in [0.05, 0.1) is 16.9 Å². The molecule has 1 aromatic heterocycles. The highest BCUT2D eigenvalue weighted by atomic mass is 19.1. The van der Waals surface area contributed by atoms with E-state index in [1.165, 1.54) is 27.7 Å². The van der Waals surface area contributed by atoms with Gasteiger partial charge < -0.3 is 15.5 Å². The quantitative estimate of drug-likeness (QED) is 0.352. The van der Waals surface area contributed by atoms with E-state index in [2.05, 4.69) is 43.2 Å². The summed E-state index contributed by atoms with van der Waals surface area (Å²) < 4.78 is 16.1. The summed E-state index contributed by atoms with van der Waals surface area (Å²) >= 11 is 0. The van der Waals surface area contributed by atoms with Crippen LogP contribution in [0.2, 0.25) is 0 Å². The smallest absolute Gasteiger partial charge is 0.331 e. The average molecular weight is 575 g/mol. The SMILES string of the molecule is C[C@@H]1[C@@H](N=C(Nc2ccc3c(=O)n(CCc4ccc(F)cc4)c(=O)n(C)c3c2)N2CCN[C@@H](C)C2)C[C@H]2C[C@@H]1C2(C)C. The molecule has 0 radical (unpaired) electrons. The van der Waals surface area contributed by atoms with Crippen LogP contribution >= 0.6 is 0 Å². The Balaban J connectivity index is 1.29. The third kappa shape index (κ3) is 5.16. The number of aryl methyl sites for hydroxylation is 2. The minimum Gasteiger partial charge on any atom is -0.340 e. The molecule has 1 aliphatic heterocycles. The molecule has 0 unspecified atom stereocenters. The lowest BCUT2D eigenvalue weighted by Gasteiger charge is -2.61. The van der Waals surface area contributed by atoms with Crippen LogP contribution in [0.1, 0.15) is 46.1 Å². The van der Waals surface area contributed by atoms with Crippen LogP contribution in [0.5, 0.6) is 0 Å². The number of fused-ring (bicyclic) bond motifs is 3. The zero-order chi connectivity index (χ0) is 29.8. The zero-order valence-electron chi connectivity index (χ0n) is 25.4. The largest absolute Gasteiger partial charge is 0.340 e. The van der Waals surface area contributed by atoms with Gasteiger partial charge in [-0.05, 0) is 85.3 Å². The zero-order valence-corrected chi connectivity index (χ0v) is 25.4. The van der Waals surface area contributed by atoms with Gasteiger partial charge in [0.1, 0.15) is 5.82 Å². The van der Waals surface area contributed by atoms with E-state index in [4.69, 9.17) is 4.99 Å². The Morgan fingerprint density at radius 1 is 1.12 bits per heavy atom. The maximum absolute atomic E-state index is 13.4. The molecule has 0 amide bonds. The van der Waals surface area contributed by atoms with E-state index in [-0.39, 0.29) is 29.7 Å². The summed E-state index contributed by atoms with van der Waals surface area (Å²) in [7, 11) is 1.70. The molecule has 9 heteroatoms. The predicted octanol–water partition coefficient (Wildman–Crippen LogP) is 4.21. The molecule has 42 heavy (non-hydrogen) atoms. The van der Waals surface area contributed by atoms with Crippen molar-refractivity contribution in [3.05, 3.63) is 74.7 Å². The van der Waals surface area contributed by atoms with Gasteiger partial charge >= 0.3 is 5.69 Å². The maximum atomic E-state index is 13.4. The minimum absolute atomic E-state index is 0.226. The second kappa shape index (κ2) is 11.0. The summed E-state index contributed by atoms with van der Waals surface area (Å²) in [6, 6.07) is 12.4. The molecule has 0 spiro atoms. The first kappa shape index (κ1) is 28.6. The summed E-state index contributed by atoms with van der Waals surface area (Å²) in [6.07, 6.45) is 2.89. The first-order valence-corrected chi connectivity index (χ1v) is 15.3. The van der Waals surface area contributed by atoms with Gasteiger partial charge in [0.2, 0.25) is 0 Å². The van der Waals surface area contributed by atoms with E-state index >= 15 is 0 Å². The van der Waals surface area contributed by atoms with Gasteiger partial charge in [-0.3, -0.25) is 13.9 Å². The lowest BCUT2D eigenvalue weighted by atomic mass is 9.45. The van der Waals surface area contributed by atoms with Crippen LogP contribution < -0.4 is 21.9 Å². The van der Waals surface area contributed by atoms with Gasteiger partial charge in [-0.2, -0.15) is 0 Å². The van der Waals surface area contributed by atoms with Gasteiger partial charge in [-0.15, -0.1) is 0 Å². The molecular formula is C33H43FN6O2. The standard InChI is InChI=1S/C33H43FN6O2/c1-20-19-39(15-13-35-20)31(37-28-17-23-16-27(21(28)2)33(23,3)4)36-25-10-11-26-29(18-25)38(5)32(42)40(30(26)41)14-12-22-6-8-24(34)9-7-22/h6-11,18,20-21,23,27-28,35H,12-17,19H2,1-5H3,(H,36,37)/t20-,21-,23+,27-,28-/m0/s1. The van der Waals surface area contributed by atoms with Crippen LogP contribution in [0.15, 0.2) is 57.0 Å². The number of anilines is 1. The fraction of sp³-hybridized carbons (Fsp3) is 0.545. The number of halogens is 1. The van der Waals surface area contributed by atoms with Crippen LogP contribution in [-0.4, -0.2) is 51.7 Å². The van der Waals surface area contributed by atoms with Crippen LogP contribution in [0.25, 0.3) is 10.9 Å². The van der Waals surface area contributed by atoms with Crippen molar-refractivity contribution < 1.29 is 4.39 Å². The Labute approximate surface area is 246 Å². The molecule has 3 saturated carbocycles. The summed E-state index contributed by atoms with van der Waals surface area (Å²) in [5, 5.41) is 7.61. The molecule has 8 nitrogen and oxygen atoms in total. The van der Waals surface area contributed by atoms with E-state index in [0.29, 0.717) is 40.6 Å². The number of nitrogens with one attached hydrogen (secondary N) is 2. The summed E-state index contributed by atoms with van der Waals surface area (Å²) in [5.74, 6) is 2.50. The number of piperazine rings is 1. The Kier molecular flexibility index (Phi) is 7.50. The average Bonchev–Trinajstić information content (AvgIpc) is 2.97. The van der Waals surface area contributed by atoms with Crippen molar-refractivity contribution in [1.82, 2.24) is 19.4 Å². The number of nitrogens with zero attached hydrogens (tertiary/aromatic N) is 4. The predicted molar refractivity (Wildman–Crippen MR) is 167 cm³/mol. The topological polar surface area (TPSA) is 83.7 Å². The van der Waals surface area contributed by atoms with Crippen molar-refractivity contribution in [3.63, 3.8) is 0 Å². The van der Waals surface area contributed by atoms with Gasteiger partial charge in [0.15, 0.2) is 5.96 Å². The van der Waals surface area contributed by atoms with Crippen molar-refractivity contribution in [2.45, 2.75) is 65.6 Å². The van der Waals surface area contributed by atoms with Crippen molar-refractivity contribution >= 4 is 22.5 Å². The van der Waals surface area contributed by atoms with Crippen LogP contribution in [0.3, 0.4) is 0 Å².